The fourth-order valence-electron chi connectivity index (χ4n) is 6.79. The van der Waals surface area contributed by atoms with Crippen molar-refractivity contribution in [1.82, 2.24) is 9.80 Å². The molecule has 6 unspecified atom stereocenters. The van der Waals surface area contributed by atoms with E-state index in [4.69, 9.17) is 23.2 Å². The second-order valence-corrected chi connectivity index (χ2v) is 12.1. The highest BCUT2D eigenvalue weighted by atomic mass is 79.9. The summed E-state index contributed by atoms with van der Waals surface area (Å²) in [5, 5.41) is 10.4. The first-order valence-corrected chi connectivity index (χ1v) is 14.0. The SMILES string of the molecule is CCCN1C(=O)C2CC=C3C(CC4(Cl)C(=O)N(CBr)C(=O)C4(Cl)C3c3cc(C)c(O)c(C)c3)C2C1=O. The second-order valence-electron chi connectivity index (χ2n) is 10.3. The number of allylic oxidation sites excluding steroid dienone is 2. The Labute approximate surface area is 227 Å². The lowest BCUT2D eigenvalue weighted by Crippen LogP contribution is -2.60. The van der Waals surface area contributed by atoms with Gasteiger partial charge in [0.25, 0.3) is 11.8 Å². The third-order valence-corrected chi connectivity index (χ3v) is 10.3. The molecule has 1 aromatic rings. The molecule has 2 aliphatic heterocycles. The predicted octanol–water partition coefficient (Wildman–Crippen LogP) is 4.13. The van der Waals surface area contributed by atoms with Crippen molar-refractivity contribution in [3.8, 4) is 5.75 Å². The highest BCUT2D eigenvalue weighted by Gasteiger charge is 2.76. The van der Waals surface area contributed by atoms with E-state index in [2.05, 4.69) is 15.9 Å². The summed E-state index contributed by atoms with van der Waals surface area (Å²) in [4.78, 5) is 52.7. The fourth-order valence-corrected chi connectivity index (χ4v) is 8.22. The summed E-state index contributed by atoms with van der Waals surface area (Å²) in [6.07, 6.45) is 2.89. The molecule has 0 bridgehead atoms. The van der Waals surface area contributed by atoms with Crippen LogP contribution in [0.1, 0.15) is 48.8 Å². The maximum absolute atomic E-state index is 13.7. The van der Waals surface area contributed by atoms with Gasteiger partial charge >= 0.3 is 0 Å². The van der Waals surface area contributed by atoms with Crippen molar-refractivity contribution >= 4 is 62.8 Å². The summed E-state index contributed by atoms with van der Waals surface area (Å²) in [6, 6.07) is 3.51. The number of alkyl halides is 3. The molecule has 1 aromatic carbocycles. The third kappa shape index (κ3) is 3.10. The van der Waals surface area contributed by atoms with Crippen molar-refractivity contribution in [3.05, 3.63) is 40.5 Å². The molecule has 4 amide bonds. The molecule has 0 radical (unpaired) electrons. The molecule has 2 aliphatic carbocycles. The van der Waals surface area contributed by atoms with Crippen LogP contribution in [0.25, 0.3) is 0 Å². The van der Waals surface area contributed by atoms with Crippen LogP contribution in [0, 0.1) is 31.6 Å². The number of hydrogen-bond donors (Lipinski definition) is 1. The number of benzene rings is 1. The largest absolute Gasteiger partial charge is 0.507 e. The maximum atomic E-state index is 13.7. The Bertz CT molecular complexity index is 1230. The number of likely N-dealkylation sites (tertiary alicyclic amines) is 2. The van der Waals surface area contributed by atoms with E-state index in [0.717, 1.165) is 10.5 Å². The number of rotatable bonds is 4. The molecule has 4 aliphatic rings. The maximum Gasteiger partial charge on any atom is 0.254 e. The van der Waals surface area contributed by atoms with Gasteiger partial charge in [0.15, 0.2) is 9.75 Å². The number of aromatic hydroxyl groups is 1. The minimum atomic E-state index is -1.83. The number of imide groups is 2. The molecular weight excluding hydrogens is 571 g/mol. The van der Waals surface area contributed by atoms with Crippen LogP contribution in [0.2, 0.25) is 0 Å². The number of amides is 4. The van der Waals surface area contributed by atoms with Gasteiger partial charge in [-0.1, -0.05) is 46.6 Å². The topological polar surface area (TPSA) is 95.0 Å². The van der Waals surface area contributed by atoms with Crippen LogP contribution in [0.3, 0.4) is 0 Å². The van der Waals surface area contributed by atoms with Gasteiger partial charge in [-0.2, -0.15) is 0 Å². The summed E-state index contributed by atoms with van der Waals surface area (Å²) in [7, 11) is 0. The molecule has 6 atom stereocenters. The van der Waals surface area contributed by atoms with Gasteiger partial charge in [0.1, 0.15) is 5.75 Å². The lowest BCUT2D eigenvalue weighted by atomic mass is 9.56. The smallest absolute Gasteiger partial charge is 0.254 e. The van der Waals surface area contributed by atoms with Crippen LogP contribution in [0.5, 0.6) is 5.75 Å². The number of fused-ring (bicyclic) bond motifs is 4. The highest BCUT2D eigenvalue weighted by molar-refractivity contribution is 9.09. The van der Waals surface area contributed by atoms with E-state index in [1.807, 2.05) is 13.0 Å². The minimum absolute atomic E-state index is 0.0232. The van der Waals surface area contributed by atoms with Gasteiger partial charge in [-0.05, 0) is 55.7 Å². The van der Waals surface area contributed by atoms with Crippen molar-refractivity contribution in [2.75, 3.05) is 12.0 Å². The van der Waals surface area contributed by atoms with Crippen LogP contribution < -0.4 is 0 Å². The van der Waals surface area contributed by atoms with Gasteiger partial charge in [0, 0.05) is 12.5 Å². The van der Waals surface area contributed by atoms with E-state index >= 15 is 0 Å². The monoisotopic (exact) mass is 596 g/mol. The van der Waals surface area contributed by atoms with Gasteiger partial charge in [0.05, 0.1) is 17.3 Å². The Morgan fingerprint density at radius 3 is 2.25 bits per heavy atom. The average molecular weight is 598 g/mol. The highest BCUT2D eigenvalue weighted by Crippen LogP contribution is 2.65. The third-order valence-electron chi connectivity index (χ3n) is 8.40. The molecule has 0 spiro atoms. The van der Waals surface area contributed by atoms with Gasteiger partial charge in [-0.3, -0.25) is 29.0 Å². The fraction of sp³-hybridized carbons (Fsp3) is 0.538. The Morgan fingerprint density at radius 2 is 1.67 bits per heavy atom. The zero-order valence-corrected chi connectivity index (χ0v) is 23.3. The summed E-state index contributed by atoms with van der Waals surface area (Å²) in [5.41, 5.74) is 2.52. The van der Waals surface area contributed by atoms with Gasteiger partial charge < -0.3 is 5.11 Å². The molecule has 0 aromatic heterocycles. The molecule has 10 heteroatoms. The van der Waals surface area contributed by atoms with Gasteiger partial charge in [0.2, 0.25) is 11.8 Å². The van der Waals surface area contributed by atoms with E-state index in [0.29, 0.717) is 36.1 Å². The Hall–Kier alpha value is -1.90. The molecular formula is C26H27BrCl2N2O5. The van der Waals surface area contributed by atoms with Crippen molar-refractivity contribution < 1.29 is 24.3 Å². The average Bonchev–Trinajstić information content (AvgIpc) is 3.16. The molecule has 5 rings (SSSR count). The van der Waals surface area contributed by atoms with Crippen LogP contribution >= 0.6 is 39.1 Å². The molecule has 192 valence electrons. The molecule has 3 fully saturated rings. The normalized spacial score (nSPS) is 35.7. The number of nitrogens with zero attached hydrogens (tertiary/aromatic N) is 2. The van der Waals surface area contributed by atoms with Crippen molar-refractivity contribution in [1.29, 1.82) is 0 Å². The first-order valence-electron chi connectivity index (χ1n) is 12.1. The first kappa shape index (κ1) is 25.7. The zero-order chi connectivity index (χ0) is 26.3. The molecule has 1 N–H and O–H groups in total. The summed E-state index contributed by atoms with van der Waals surface area (Å²) < 4.78 is 0. The number of phenols is 1. The van der Waals surface area contributed by atoms with Gasteiger partial charge in [-0.25, -0.2) is 0 Å². The Balaban J connectivity index is 1.74. The minimum Gasteiger partial charge on any atom is -0.507 e. The lowest BCUT2D eigenvalue weighted by Gasteiger charge is -2.51. The standard InChI is InChI=1S/C26H27BrCl2N2O5/c1-4-7-30-21(33)16-6-5-15-17(18(16)22(30)34)10-25(28)23(35)31(11-27)24(36)26(25,29)19(15)14-8-12(2)20(32)13(3)9-14/h5,8-9,16-19,32H,4,6-7,10-11H2,1-3H3. The van der Waals surface area contributed by atoms with Crippen molar-refractivity contribution in [2.24, 2.45) is 17.8 Å². The van der Waals surface area contributed by atoms with E-state index in [-0.39, 0.29) is 29.4 Å². The van der Waals surface area contributed by atoms with E-state index in [9.17, 15) is 24.3 Å². The number of carbonyl (C=O) groups excluding carboxylic acids is 4. The number of halogens is 3. The van der Waals surface area contributed by atoms with E-state index in [1.54, 1.807) is 26.0 Å². The Morgan fingerprint density at radius 1 is 1.03 bits per heavy atom. The van der Waals surface area contributed by atoms with Crippen LogP contribution in [0.15, 0.2) is 23.8 Å². The van der Waals surface area contributed by atoms with Gasteiger partial charge in [-0.15, -0.1) is 23.2 Å². The molecule has 2 heterocycles. The van der Waals surface area contributed by atoms with Crippen molar-refractivity contribution in [2.45, 2.75) is 55.7 Å². The molecule has 1 saturated carbocycles. The molecule has 36 heavy (non-hydrogen) atoms. The predicted molar refractivity (Wildman–Crippen MR) is 138 cm³/mol. The molecule has 7 nitrogen and oxygen atoms in total. The first-order chi connectivity index (χ1) is 16.9. The number of carbonyl (C=O) groups is 4. The van der Waals surface area contributed by atoms with Crippen LogP contribution in [-0.2, 0) is 19.2 Å². The Kier molecular flexibility index (Phi) is 6.12. The summed E-state index contributed by atoms with van der Waals surface area (Å²) in [6.45, 7) is 5.75. The van der Waals surface area contributed by atoms with Crippen LogP contribution in [-0.4, -0.2) is 60.3 Å². The number of aryl methyl sites for hydroxylation is 2. The quantitative estimate of drug-likeness (QED) is 0.244. The summed E-state index contributed by atoms with van der Waals surface area (Å²) >= 11 is 17.6. The summed E-state index contributed by atoms with van der Waals surface area (Å²) in [5.74, 6) is -4.07. The van der Waals surface area contributed by atoms with E-state index < -0.39 is 45.2 Å². The number of hydrogen-bond acceptors (Lipinski definition) is 5. The lowest BCUT2D eigenvalue weighted by molar-refractivity contribution is -0.141. The van der Waals surface area contributed by atoms with Crippen molar-refractivity contribution in [3.63, 3.8) is 0 Å². The second kappa shape index (κ2) is 8.57. The zero-order valence-electron chi connectivity index (χ0n) is 20.2. The van der Waals surface area contributed by atoms with Crippen LogP contribution in [0.4, 0.5) is 0 Å². The van der Waals surface area contributed by atoms with E-state index in [1.165, 1.54) is 4.90 Å². The number of phenolic OH excluding ortho intramolecular Hbond substituents is 1. The molecule has 2 saturated heterocycles.